The Morgan fingerprint density at radius 2 is 1.95 bits per heavy atom. The Labute approximate surface area is 116 Å². The van der Waals surface area contributed by atoms with Gasteiger partial charge in [-0.3, -0.25) is 25.7 Å². The lowest BCUT2D eigenvalue weighted by Gasteiger charge is -2.06. The third kappa shape index (κ3) is 3.94. The van der Waals surface area contributed by atoms with E-state index in [9.17, 15) is 30.1 Å². The maximum atomic E-state index is 10.8. The molecule has 21 heavy (non-hydrogen) atoms. The molecule has 0 radical (unpaired) electrons. The highest BCUT2D eigenvalue weighted by Gasteiger charge is 2.21. The average Bonchev–Trinajstić information content (AvgIpc) is 2.37. The van der Waals surface area contributed by atoms with E-state index < -0.39 is 39.0 Å². The van der Waals surface area contributed by atoms with Gasteiger partial charge in [0.15, 0.2) is 5.71 Å². The van der Waals surface area contributed by atoms with Crippen LogP contribution in [0.15, 0.2) is 23.3 Å². The van der Waals surface area contributed by atoms with Gasteiger partial charge < -0.3 is 10.2 Å². The summed E-state index contributed by atoms with van der Waals surface area (Å²) >= 11 is 0. The Bertz CT molecular complexity index is 626. The number of carboxylic acid groups (broad SMARTS) is 1. The standard InChI is InChI=1S/C10H10N4O7/c1-5(15)9(10(16)17)12-11-7-3-2-6(13(18)19)4-8(7)14(20)21/h2-5,11,15H,1H3,(H,16,17)/b12-9-/t5-/m1/s1. The molecule has 3 N–H and O–H groups in total. The summed E-state index contributed by atoms with van der Waals surface area (Å²) in [5.74, 6) is -1.51. The zero-order valence-electron chi connectivity index (χ0n) is 10.6. The third-order valence-electron chi connectivity index (χ3n) is 2.30. The number of benzene rings is 1. The second-order valence-electron chi connectivity index (χ2n) is 3.81. The van der Waals surface area contributed by atoms with Crippen LogP contribution in [0.3, 0.4) is 0 Å². The second kappa shape index (κ2) is 6.38. The molecule has 1 rings (SSSR count). The number of aliphatic hydroxyl groups excluding tert-OH is 1. The van der Waals surface area contributed by atoms with Crippen molar-refractivity contribution in [2.45, 2.75) is 13.0 Å². The van der Waals surface area contributed by atoms with Crippen LogP contribution in [0, 0.1) is 20.2 Å². The fourth-order valence-corrected chi connectivity index (χ4v) is 1.32. The molecule has 0 amide bonds. The van der Waals surface area contributed by atoms with Crippen LogP contribution in [0.4, 0.5) is 17.1 Å². The molecule has 0 saturated carbocycles. The van der Waals surface area contributed by atoms with E-state index >= 15 is 0 Å². The van der Waals surface area contributed by atoms with Crippen molar-refractivity contribution < 1.29 is 24.9 Å². The number of nitrogens with one attached hydrogen (secondary N) is 1. The Morgan fingerprint density at radius 3 is 2.38 bits per heavy atom. The molecule has 1 aromatic rings. The second-order valence-corrected chi connectivity index (χ2v) is 3.81. The monoisotopic (exact) mass is 298 g/mol. The van der Waals surface area contributed by atoms with E-state index in [2.05, 4.69) is 10.5 Å². The molecule has 112 valence electrons. The van der Waals surface area contributed by atoms with Gasteiger partial charge in [-0.25, -0.2) is 4.79 Å². The zero-order chi connectivity index (χ0) is 16.2. The van der Waals surface area contributed by atoms with Crippen molar-refractivity contribution in [2.75, 3.05) is 5.43 Å². The van der Waals surface area contributed by atoms with Gasteiger partial charge >= 0.3 is 11.7 Å². The van der Waals surface area contributed by atoms with E-state index in [-0.39, 0.29) is 5.69 Å². The summed E-state index contributed by atoms with van der Waals surface area (Å²) in [5, 5.41) is 42.7. The van der Waals surface area contributed by atoms with Gasteiger partial charge in [-0.05, 0) is 13.0 Å². The summed E-state index contributed by atoms with van der Waals surface area (Å²) in [4.78, 5) is 30.5. The number of carboxylic acids is 1. The van der Waals surface area contributed by atoms with Crippen molar-refractivity contribution in [3.05, 3.63) is 38.4 Å². The Kier molecular flexibility index (Phi) is 4.86. The van der Waals surface area contributed by atoms with E-state index in [4.69, 9.17) is 5.11 Å². The van der Waals surface area contributed by atoms with Crippen LogP contribution >= 0.6 is 0 Å². The number of nitro groups is 2. The predicted octanol–water partition coefficient (Wildman–Crippen LogP) is 0.736. The quantitative estimate of drug-likeness (QED) is 0.392. The van der Waals surface area contributed by atoms with E-state index in [1.54, 1.807) is 0 Å². The molecule has 0 spiro atoms. The molecule has 1 aromatic carbocycles. The topological polar surface area (TPSA) is 168 Å². The highest BCUT2D eigenvalue weighted by atomic mass is 16.6. The molecule has 1 atom stereocenters. The Balaban J connectivity index is 3.19. The molecule has 11 heteroatoms. The molecular formula is C10H10N4O7. The van der Waals surface area contributed by atoms with Crippen molar-refractivity contribution in [3.63, 3.8) is 0 Å². The number of rotatable bonds is 6. The number of nitrogens with zero attached hydrogens (tertiary/aromatic N) is 3. The minimum absolute atomic E-state index is 0.245. The van der Waals surface area contributed by atoms with Crippen molar-refractivity contribution in [1.29, 1.82) is 0 Å². The lowest BCUT2D eigenvalue weighted by Crippen LogP contribution is -2.26. The molecule has 0 aliphatic carbocycles. The Morgan fingerprint density at radius 1 is 1.33 bits per heavy atom. The largest absolute Gasteiger partial charge is 0.477 e. The van der Waals surface area contributed by atoms with E-state index in [0.717, 1.165) is 19.1 Å². The van der Waals surface area contributed by atoms with Crippen molar-refractivity contribution >= 4 is 28.7 Å². The lowest BCUT2D eigenvalue weighted by molar-refractivity contribution is -0.393. The predicted molar refractivity (Wildman–Crippen MR) is 70.1 cm³/mol. The van der Waals surface area contributed by atoms with Gasteiger partial charge in [0, 0.05) is 6.07 Å². The number of nitro benzene ring substituents is 2. The number of hydrogen-bond donors (Lipinski definition) is 3. The van der Waals surface area contributed by atoms with Crippen molar-refractivity contribution in [3.8, 4) is 0 Å². The zero-order valence-corrected chi connectivity index (χ0v) is 10.6. The van der Waals surface area contributed by atoms with E-state index in [1.165, 1.54) is 0 Å². The molecule has 0 unspecified atom stereocenters. The number of non-ortho nitro benzene ring substituents is 1. The fraction of sp³-hybridized carbons (Fsp3) is 0.200. The number of carbonyl (C=O) groups is 1. The molecule has 0 aromatic heterocycles. The molecule has 11 nitrogen and oxygen atoms in total. The average molecular weight is 298 g/mol. The maximum Gasteiger partial charge on any atom is 0.354 e. The van der Waals surface area contributed by atoms with Crippen LogP contribution in [-0.4, -0.2) is 37.8 Å². The summed E-state index contributed by atoms with van der Waals surface area (Å²) in [6.07, 6.45) is -1.41. The smallest absolute Gasteiger partial charge is 0.354 e. The lowest BCUT2D eigenvalue weighted by atomic mass is 10.2. The van der Waals surface area contributed by atoms with Crippen LogP contribution in [0.2, 0.25) is 0 Å². The molecule has 0 bridgehead atoms. The number of aliphatic carboxylic acids is 1. The van der Waals surface area contributed by atoms with Crippen molar-refractivity contribution in [1.82, 2.24) is 0 Å². The number of hydrogen-bond acceptors (Lipinski definition) is 8. The third-order valence-corrected chi connectivity index (χ3v) is 2.30. The summed E-state index contributed by atoms with van der Waals surface area (Å²) < 4.78 is 0. The van der Waals surface area contributed by atoms with Gasteiger partial charge in [0.1, 0.15) is 11.8 Å². The fourth-order valence-electron chi connectivity index (χ4n) is 1.32. The Hall–Kier alpha value is -3.08. The highest BCUT2D eigenvalue weighted by molar-refractivity contribution is 6.37. The summed E-state index contributed by atoms with van der Waals surface area (Å²) in [6.45, 7) is 1.15. The summed E-state index contributed by atoms with van der Waals surface area (Å²) in [7, 11) is 0. The normalized spacial score (nSPS) is 12.6. The van der Waals surface area contributed by atoms with Gasteiger partial charge in [0.05, 0.1) is 15.9 Å². The van der Waals surface area contributed by atoms with Gasteiger partial charge in [0.25, 0.3) is 5.69 Å². The van der Waals surface area contributed by atoms with E-state index in [1.807, 2.05) is 0 Å². The minimum atomic E-state index is -1.51. The summed E-state index contributed by atoms with van der Waals surface area (Å²) in [6, 6.07) is 2.72. The van der Waals surface area contributed by atoms with Crippen LogP contribution in [0.5, 0.6) is 0 Å². The summed E-state index contributed by atoms with van der Waals surface area (Å²) in [5.41, 5.74) is 0.0519. The number of aliphatic hydroxyl groups is 1. The highest BCUT2D eigenvalue weighted by Crippen LogP contribution is 2.28. The van der Waals surface area contributed by atoms with Crippen LogP contribution in [-0.2, 0) is 4.79 Å². The first-order valence-electron chi connectivity index (χ1n) is 5.41. The first-order chi connectivity index (χ1) is 9.73. The minimum Gasteiger partial charge on any atom is -0.477 e. The molecule has 0 aliphatic heterocycles. The van der Waals surface area contributed by atoms with E-state index in [0.29, 0.717) is 6.07 Å². The molecule has 0 fully saturated rings. The maximum absolute atomic E-state index is 10.8. The molecule has 0 heterocycles. The van der Waals surface area contributed by atoms with Crippen LogP contribution < -0.4 is 5.43 Å². The molecular weight excluding hydrogens is 288 g/mol. The van der Waals surface area contributed by atoms with Gasteiger partial charge in [-0.1, -0.05) is 0 Å². The number of anilines is 1. The SMILES string of the molecule is C[C@@H](O)/C(=N/Nc1ccc([N+](=O)[O-])cc1[N+](=O)[O-])C(=O)O. The first-order valence-corrected chi connectivity index (χ1v) is 5.41. The van der Waals surface area contributed by atoms with Crippen molar-refractivity contribution in [2.24, 2.45) is 5.10 Å². The van der Waals surface area contributed by atoms with Gasteiger partial charge in [0.2, 0.25) is 0 Å². The van der Waals surface area contributed by atoms with Crippen LogP contribution in [0.1, 0.15) is 6.92 Å². The molecule has 0 aliphatic rings. The number of hydrazone groups is 1. The molecule has 0 saturated heterocycles. The first kappa shape index (κ1) is 16.0. The van der Waals surface area contributed by atoms with Crippen LogP contribution in [0.25, 0.3) is 0 Å². The van der Waals surface area contributed by atoms with Gasteiger partial charge in [-0.2, -0.15) is 5.10 Å². The van der Waals surface area contributed by atoms with Gasteiger partial charge in [-0.15, -0.1) is 0 Å².